The molecule has 2 heterocycles. The van der Waals surface area contributed by atoms with Crippen molar-refractivity contribution in [3.8, 4) is 0 Å². The van der Waals surface area contributed by atoms with E-state index in [1.54, 1.807) is 30.1 Å². The number of hydrogen-bond acceptors (Lipinski definition) is 5. The number of likely N-dealkylation sites (N-methyl/N-ethyl adjacent to an activating group) is 1. The second kappa shape index (κ2) is 8.07. The maximum absolute atomic E-state index is 13.9. The summed E-state index contributed by atoms with van der Waals surface area (Å²) in [6, 6.07) is 13.6. The average Bonchev–Trinajstić information content (AvgIpc) is 3.11. The summed E-state index contributed by atoms with van der Waals surface area (Å²) >= 11 is 0. The smallest absolute Gasteiger partial charge is 0.420 e. The van der Waals surface area contributed by atoms with Gasteiger partial charge in [0.15, 0.2) is 0 Å². The normalized spacial score (nSPS) is 17.9. The van der Waals surface area contributed by atoms with Crippen LogP contribution in [0.4, 0.5) is 18.9 Å². The molecular weight excluding hydrogens is 421 g/mol. The van der Waals surface area contributed by atoms with Crippen LogP contribution in [0, 0.1) is 0 Å². The van der Waals surface area contributed by atoms with Crippen LogP contribution in [-0.4, -0.2) is 42.0 Å². The van der Waals surface area contributed by atoms with E-state index in [1.807, 2.05) is 29.2 Å². The molecule has 0 aromatic heterocycles. The van der Waals surface area contributed by atoms with Crippen molar-refractivity contribution in [2.75, 3.05) is 18.5 Å². The predicted octanol–water partition coefficient (Wildman–Crippen LogP) is 4.30. The molecule has 0 fully saturated rings. The molecule has 6 nitrogen and oxygen atoms in total. The maximum atomic E-state index is 13.9. The van der Waals surface area contributed by atoms with Gasteiger partial charge in [0.25, 0.3) is 0 Å². The van der Waals surface area contributed by atoms with Gasteiger partial charge in [0.2, 0.25) is 0 Å². The van der Waals surface area contributed by atoms with E-state index in [2.05, 4.69) is 17.1 Å². The zero-order chi connectivity index (χ0) is 23.0. The van der Waals surface area contributed by atoms with Crippen LogP contribution in [0.25, 0.3) is 0 Å². The van der Waals surface area contributed by atoms with Crippen LogP contribution in [0.3, 0.4) is 0 Å². The van der Waals surface area contributed by atoms with Crippen molar-refractivity contribution in [1.82, 2.24) is 10.3 Å². The molecule has 4 rings (SSSR count). The van der Waals surface area contributed by atoms with Crippen LogP contribution < -0.4 is 10.3 Å². The first-order valence-electron chi connectivity index (χ1n) is 9.85. The standard InChI is InChI=1S/C23H21F3N4O2/c1-14-21(23(24,25)26)19(11-27-28-14)30-12-16-6-3-4-9-18(16)20(30)13-29(2)17-8-5-7-15(10-17)22(31)32/h3-11,20,28H,1,12-13H2,2H3,(H,31,32). The van der Waals surface area contributed by atoms with Gasteiger partial charge < -0.3 is 14.9 Å². The molecule has 2 aliphatic rings. The molecule has 2 N–H and O–H groups in total. The first kappa shape index (κ1) is 21.5. The molecule has 2 aromatic rings. The first-order chi connectivity index (χ1) is 15.2. The highest BCUT2D eigenvalue weighted by atomic mass is 19.4. The summed E-state index contributed by atoms with van der Waals surface area (Å²) in [6.07, 6.45) is -3.42. The van der Waals surface area contributed by atoms with Gasteiger partial charge in [-0.3, -0.25) is 5.43 Å². The van der Waals surface area contributed by atoms with Gasteiger partial charge in [-0.2, -0.15) is 18.3 Å². The van der Waals surface area contributed by atoms with Gasteiger partial charge in [0, 0.05) is 25.8 Å². The van der Waals surface area contributed by atoms with Crippen molar-refractivity contribution in [1.29, 1.82) is 0 Å². The van der Waals surface area contributed by atoms with Crippen LogP contribution in [0.1, 0.15) is 27.5 Å². The van der Waals surface area contributed by atoms with Crippen LogP contribution in [0.5, 0.6) is 0 Å². The number of hydrogen-bond donors (Lipinski definition) is 2. The Kier molecular flexibility index (Phi) is 5.41. The Hall–Kier alpha value is -3.75. The summed E-state index contributed by atoms with van der Waals surface area (Å²) < 4.78 is 41.7. The largest absolute Gasteiger partial charge is 0.478 e. The highest BCUT2D eigenvalue weighted by Gasteiger charge is 2.43. The number of nitrogens with one attached hydrogen (secondary N) is 1. The van der Waals surface area contributed by atoms with Crippen LogP contribution in [0.2, 0.25) is 0 Å². The number of fused-ring (bicyclic) bond motifs is 1. The molecule has 0 saturated heterocycles. The van der Waals surface area contributed by atoms with Crippen molar-refractivity contribution >= 4 is 17.9 Å². The van der Waals surface area contributed by atoms with Gasteiger partial charge in [-0.05, 0) is 29.3 Å². The fourth-order valence-corrected chi connectivity index (χ4v) is 4.14. The van der Waals surface area contributed by atoms with E-state index in [0.29, 0.717) is 12.2 Å². The molecule has 1 atom stereocenters. The summed E-state index contributed by atoms with van der Waals surface area (Å²) in [6.45, 7) is 4.12. The van der Waals surface area contributed by atoms with Crippen molar-refractivity contribution in [2.24, 2.45) is 5.10 Å². The third-order valence-electron chi connectivity index (χ3n) is 5.65. The molecule has 0 radical (unpaired) electrons. The van der Waals surface area contributed by atoms with Gasteiger partial charge in [0.1, 0.15) is 5.57 Å². The van der Waals surface area contributed by atoms with Crippen molar-refractivity contribution < 1.29 is 23.1 Å². The number of aromatic carboxylic acids is 1. The van der Waals surface area contributed by atoms with E-state index in [1.165, 1.54) is 12.3 Å². The summed E-state index contributed by atoms with van der Waals surface area (Å²) in [5.74, 6) is -1.04. The fraction of sp³-hybridized carbons (Fsp3) is 0.217. The second-order valence-electron chi connectivity index (χ2n) is 7.69. The minimum Gasteiger partial charge on any atom is -0.478 e. The monoisotopic (exact) mass is 442 g/mol. The number of anilines is 1. The Morgan fingerprint density at radius 3 is 2.75 bits per heavy atom. The van der Waals surface area contributed by atoms with Crippen LogP contribution in [0.15, 0.2) is 77.2 Å². The Balaban J connectivity index is 1.74. The number of allylic oxidation sites excluding steroid dienone is 2. The van der Waals surface area contributed by atoms with E-state index in [-0.39, 0.29) is 23.5 Å². The van der Waals surface area contributed by atoms with Gasteiger partial charge in [-0.15, -0.1) is 0 Å². The average molecular weight is 442 g/mol. The molecule has 0 spiro atoms. The van der Waals surface area contributed by atoms with E-state index in [9.17, 15) is 23.1 Å². The lowest BCUT2D eigenvalue weighted by atomic mass is 10.0. The SMILES string of the molecule is C=C1NN=CC(N2Cc3ccccc3C2CN(C)c2cccc(C(=O)O)c2)=C1C(F)(F)F. The molecule has 0 saturated carbocycles. The molecule has 32 heavy (non-hydrogen) atoms. The lowest BCUT2D eigenvalue weighted by Crippen LogP contribution is -2.37. The molecule has 0 bridgehead atoms. The van der Waals surface area contributed by atoms with Crippen molar-refractivity contribution in [2.45, 2.75) is 18.8 Å². The summed E-state index contributed by atoms with van der Waals surface area (Å²) in [5, 5.41) is 13.1. The second-order valence-corrected chi connectivity index (χ2v) is 7.69. The molecule has 0 amide bonds. The third kappa shape index (κ3) is 3.93. The fourth-order valence-electron chi connectivity index (χ4n) is 4.14. The first-order valence-corrected chi connectivity index (χ1v) is 9.85. The number of rotatable bonds is 5. The number of carboxylic acid groups (broad SMARTS) is 1. The quantitative estimate of drug-likeness (QED) is 0.723. The van der Waals surface area contributed by atoms with Gasteiger partial charge in [-0.1, -0.05) is 36.9 Å². The molecule has 0 aliphatic carbocycles. The zero-order valence-electron chi connectivity index (χ0n) is 17.2. The topological polar surface area (TPSA) is 68.2 Å². The number of carbonyl (C=O) groups is 1. The van der Waals surface area contributed by atoms with Crippen LogP contribution >= 0.6 is 0 Å². The van der Waals surface area contributed by atoms with E-state index < -0.39 is 23.8 Å². The Labute approximate surface area is 182 Å². The lowest BCUT2D eigenvalue weighted by molar-refractivity contribution is -0.0918. The van der Waals surface area contributed by atoms with Crippen molar-refractivity contribution in [3.63, 3.8) is 0 Å². The Morgan fingerprint density at radius 2 is 2.03 bits per heavy atom. The van der Waals surface area contributed by atoms with Gasteiger partial charge >= 0.3 is 12.1 Å². The molecule has 9 heteroatoms. The number of alkyl halides is 3. The minimum atomic E-state index is -4.60. The van der Waals surface area contributed by atoms with Gasteiger partial charge in [0.05, 0.1) is 29.2 Å². The highest BCUT2D eigenvalue weighted by Crippen LogP contribution is 2.42. The maximum Gasteiger partial charge on any atom is 0.420 e. The number of carboxylic acids is 1. The Bertz CT molecular complexity index is 1140. The number of halogens is 3. The zero-order valence-corrected chi connectivity index (χ0v) is 17.2. The number of benzene rings is 2. The molecule has 2 aromatic carbocycles. The summed E-state index contributed by atoms with van der Waals surface area (Å²) in [4.78, 5) is 14.9. The van der Waals surface area contributed by atoms with E-state index in [4.69, 9.17) is 0 Å². The summed E-state index contributed by atoms with van der Waals surface area (Å²) in [7, 11) is 1.79. The lowest BCUT2D eigenvalue weighted by Gasteiger charge is -2.35. The molecule has 166 valence electrons. The predicted molar refractivity (Wildman–Crippen MR) is 115 cm³/mol. The van der Waals surface area contributed by atoms with Crippen molar-refractivity contribution in [3.05, 3.63) is 88.8 Å². The Morgan fingerprint density at radius 1 is 1.28 bits per heavy atom. The molecule has 1 unspecified atom stereocenters. The van der Waals surface area contributed by atoms with E-state index in [0.717, 1.165) is 11.1 Å². The molecular formula is C23H21F3N4O2. The minimum absolute atomic E-state index is 0.0462. The van der Waals surface area contributed by atoms with E-state index >= 15 is 0 Å². The third-order valence-corrected chi connectivity index (χ3v) is 5.65. The number of nitrogens with zero attached hydrogens (tertiary/aromatic N) is 3. The van der Waals surface area contributed by atoms with Crippen LogP contribution in [-0.2, 0) is 6.54 Å². The molecule has 2 aliphatic heterocycles. The van der Waals surface area contributed by atoms with Gasteiger partial charge in [-0.25, -0.2) is 4.79 Å². The summed E-state index contributed by atoms with van der Waals surface area (Å²) in [5.41, 5.74) is 3.76. The highest BCUT2D eigenvalue weighted by molar-refractivity contribution is 5.88. The number of hydrazone groups is 1.